The number of hydrogen-bond donors (Lipinski definition) is 0. The minimum atomic E-state index is -0.431. The van der Waals surface area contributed by atoms with Crippen LogP contribution in [0.1, 0.15) is 23.0 Å². The Morgan fingerprint density at radius 1 is 0.788 bits per heavy atom. The number of tetrazole rings is 1. The van der Waals surface area contributed by atoms with E-state index in [1.165, 1.54) is 23.9 Å². The van der Waals surface area contributed by atoms with Crippen LogP contribution < -0.4 is 4.90 Å². The van der Waals surface area contributed by atoms with Gasteiger partial charge in [0.2, 0.25) is 0 Å². The van der Waals surface area contributed by atoms with E-state index in [4.69, 9.17) is 0 Å². The van der Waals surface area contributed by atoms with Crippen molar-refractivity contribution in [1.82, 2.24) is 25.1 Å². The molecular weight excluding hydrogens is 422 g/mol. The highest BCUT2D eigenvalue weighted by Gasteiger charge is 2.32. The smallest absolute Gasteiger partial charge is 0.173 e. The third-order valence-corrected chi connectivity index (χ3v) is 6.05. The average molecular weight is 447 g/mol. The fourth-order valence-corrected chi connectivity index (χ4v) is 4.36. The van der Waals surface area contributed by atoms with Crippen LogP contribution in [0.5, 0.6) is 0 Å². The average Bonchev–Trinajstić information content (AvgIpc) is 3.30. The van der Waals surface area contributed by atoms with Gasteiger partial charge in [0, 0.05) is 37.4 Å². The Bertz CT molecular complexity index is 1190. The van der Waals surface area contributed by atoms with Crippen molar-refractivity contribution in [2.75, 3.05) is 31.1 Å². The fourth-order valence-electron chi connectivity index (χ4n) is 4.36. The second kappa shape index (κ2) is 9.46. The Hall–Kier alpha value is -3.65. The first kappa shape index (κ1) is 21.2. The number of piperazine rings is 1. The van der Waals surface area contributed by atoms with Crippen molar-refractivity contribution < 1.29 is 8.78 Å². The molecule has 4 aromatic rings. The molecule has 0 N–H and O–H groups in total. The van der Waals surface area contributed by atoms with Crippen LogP contribution in [0.25, 0.3) is 0 Å². The molecule has 1 saturated heterocycles. The molecule has 5 rings (SSSR count). The first-order chi connectivity index (χ1) is 16.2. The summed E-state index contributed by atoms with van der Waals surface area (Å²) in [6.45, 7) is 3.47. The molecule has 0 unspecified atom stereocenters. The van der Waals surface area contributed by atoms with E-state index < -0.39 is 6.04 Å². The molecule has 0 spiro atoms. The first-order valence-corrected chi connectivity index (χ1v) is 11.0. The van der Waals surface area contributed by atoms with E-state index in [1.54, 1.807) is 28.9 Å². The van der Waals surface area contributed by atoms with Crippen LogP contribution in [0.4, 0.5) is 14.5 Å². The summed E-state index contributed by atoms with van der Waals surface area (Å²) in [5.74, 6) is -0.0156. The molecule has 1 aliphatic rings. The normalized spacial score (nSPS) is 15.5. The van der Waals surface area contributed by atoms with Gasteiger partial charge in [-0.15, -0.1) is 5.10 Å². The minimum Gasteiger partial charge on any atom is -0.369 e. The maximum Gasteiger partial charge on any atom is 0.173 e. The molecular formula is C25H24F2N6. The zero-order valence-electron chi connectivity index (χ0n) is 18.1. The van der Waals surface area contributed by atoms with Crippen molar-refractivity contribution in [2.24, 2.45) is 0 Å². The molecule has 0 radical (unpaired) electrons. The van der Waals surface area contributed by atoms with E-state index in [1.807, 2.05) is 24.3 Å². The topological polar surface area (TPSA) is 50.1 Å². The first-order valence-electron chi connectivity index (χ1n) is 11.0. The molecule has 0 bridgehead atoms. The van der Waals surface area contributed by atoms with Gasteiger partial charge in [-0.1, -0.05) is 48.5 Å². The van der Waals surface area contributed by atoms with E-state index in [9.17, 15) is 8.78 Å². The lowest BCUT2D eigenvalue weighted by atomic mass is 10.0. The zero-order valence-corrected chi connectivity index (χ0v) is 18.1. The number of hydrogen-bond acceptors (Lipinski definition) is 5. The number of halogens is 2. The van der Waals surface area contributed by atoms with Crippen molar-refractivity contribution in [3.8, 4) is 0 Å². The third-order valence-electron chi connectivity index (χ3n) is 6.05. The van der Waals surface area contributed by atoms with Gasteiger partial charge in [0.15, 0.2) is 5.82 Å². The lowest BCUT2D eigenvalue weighted by Crippen LogP contribution is -2.48. The van der Waals surface area contributed by atoms with Crippen LogP contribution in [0, 0.1) is 11.6 Å². The monoisotopic (exact) mass is 446 g/mol. The summed E-state index contributed by atoms with van der Waals surface area (Å²) in [4.78, 5) is 4.56. The Morgan fingerprint density at radius 2 is 1.48 bits per heavy atom. The molecule has 1 atom stereocenters. The summed E-state index contributed by atoms with van der Waals surface area (Å²) in [5, 5.41) is 12.4. The van der Waals surface area contributed by atoms with E-state index >= 15 is 0 Å². The summed E-state index contributed by atoms with van der Waals surface area (Å²) in [7, 11) is 0. The number of aromatic nitrogens is 4. The fraction of sp³-hybridized carbons (Fsp3) is 0.240. The lowest BCUT2D eigenvalue weighted by molar-refractivity contribution is 0.198. The number of benzene rings is 3. The Morgan fingerprint density at radius 3 is 2.21 bits per heavy atom. The molecule has 1 fully saturated rings. The standard InChI is InChI=1S/C25H24F2N6/c26-20-12-10-19(11-13-20)18-33-25(28-29-30-33)24(22-8-4-5-9-23(22)27)32-16-14-31(15-17-32)21-6-2-1-3-7-21/h1-13,24H,14-18H2/t24-/m0/s1. The van der Waals surface area contributed by atoms with Gasteiger partial charge in [-0.3, -0.25) is 4.90 Å². The molecule has 0 aliphatic carbocycles. The van der Waals surface area contributed by atoms with Gasteiger partial charge < -0.3 is 4.90 Å². The summed E-state index contributed by atoms with van der Waals surface area (Å²) in [5.41, 5.74) is 2.59. The minimum absolute atomic E-state index is 0.288. The van der Waals surface area contributed by atoms with Crippen LogP contribution in [-0.4, -0.2) is 51.3 Å². The summed E-state index contributed by atoms with van der Waals surface area (Å²) >= 11 is 0. The number of para-hydroxylation sites is 1. The number of anilines is 1. The molecule has 1 aromatic heterocycles. The third kappa shape index (κ3) is 4.61. The van der Waals surface area contributed by atoms with Crippen molar-refractivity contribution in [2.45, 2.75) is 12.6 Å². The lowest BCUT2D eigenvalue weighted by Gasteiger charge is -2.40. The maximum atomic E-state index is 15.0. The molecule has 6 nitrogen and oxygen atoms in total. The highest BCUT2D eigenvalue weighted by Crippen LogP contribution is 2.31. The van der Waals surface area contributed by atoms with Gasteiger partial charge in [-0.2, -0.15) is 0 Å². The molecule has 3 aromatic carbocycles. The van der Waals surface area contributed by atoms with Crippen LogP contribution in [0.2, 0.25) is 0 Å². The molecule has 0 saturated carbocycles. The largest absolute Gasteiger partial charge is 0.369 e. The van der Waals surface area contributed by atoms with Gasteiger partial charge in [-0.25, -0.2) is 13.5 Å². The van der Waals surface area contributed by atoms with Crippen LogP contribution in [0.15, 0.2) is 78.9 Å². The second-order valence-electron chi connectivity index (χ2n) is 8.10. The van der Waals surface area contributed by atoms with Gasteiger partial charge in [0.25, 0.3) is 0 Å². The molecule has 33 heavy (non-hydrogen) atoms. The van der Waals surface area contributed by atoms with Crippen molar-refractivity contribution >= 4 is 5.69 Å². The molecule has 1 aliphatic heterocycles. The van der Waals surface area contributed by atoms with E-state index in [0.717, 1.165) is 31.7 Å². The van der Waals surface area contributed by atoms with Crippen LogP contribution in [-0.2, 0) is 6.54 Å². The number of nitrogens with zero attached hydrogens (tertiary/aromatic N) is 6. The predicted octanol–water partition coefficient (Wildman–Crippen LogP) is 3.91. The Labute approximate surface area is 191 Å². The second-order valence-corrected chi connectivity index (χ2v) is 8.10. The van der Waals surface area contributed by atoms with E-state index in [-0.39, 0.29) is 11.6 Å². The van der Waals surface area contributed by atoms with Gasteiger partial charge in [0.1, 0.15) is 17.7 Å². The van der Waals surface area contributed by atoms with Crippen LogP contribution >= 0.6 is 0 Å². The summed E-state index contributed by atoms with van der Waals surface area (Å²) < 4.78 is 30.0. The summed E-state index contributed by atoms with van der Waals surface area (Å²) in [6, 6.07) is 22.9. The molecule has 0 amide bonds. The van der Waals surface area contributed by atoms with Crippen molar-refractivity contribution in [3.63, 3.8) is 0 Å². The van der Waals surface area contributed by atoms with E-state index in [0.29, 0.717) is 17.9 Å². The van der Waals surface area contributed by atoms with Crippen LogP contribution in [0.3, 0.4) is 0 Å². The molecule has 8 heteroatoms. The van der Waals surface area contributed by atoms with Gasteiger partial charge in [0.05, 0.1) is 6.54 Å². The molecule has 168 valence electrons. The SMILES string of the molecule is Fc1ccc(Cn2nnnc2[C@H](c2ccccc2F)N2CCN(c3ccccc3)CC2)cc1. The van der Waals surface area contributed by atoms with Gasteiger partial charge >= 0.3 is 0 Å². The van der Waals surface area contributed by atoms with Crippen molar-refractivity contribution in [1.29, 1.82) is 0 Å². The Kier molecular flexibility index (Phi) is 6.08. The highest BCUT2D eigenvalue weighted by molar-refractivity contribution is 5.46. The summed E-state index contributed by atoms with van der Waals surface area (Å²) in [6.07, 6.45) is 0. The highest BCUT2D eigenvalue weighted by atomic mass is 19.1. The quantitative estimate of drug-likeness (QED) is 0.450. The number of rotatable bonds is 6. The Balaban J connectivity index is 1.44. The predicted molar refractivity (Wildman–Crippen MR) is 122 cm³/mol. The van der Waals surface area contributed by atoms with Gasteiger partial charge in [-0.05, 0) is 46.3 Å². The maximum absolute atomic E-state index is 15.0. The van der Waals surface area contributed by atoms with E-state index in [2.05, 4.69) is 37.5 Å². The molecule has 2 heterocycles. The van der Waals surface area contributed by atoms with Crippen molar-refractivity contribution in [3.05, 3.63) is 107 Å². The zero-order chi connectivity index (χ0) is 22.6.